The van der Waals surface area contributed by atoms with Crippen LogP contribution in [0.1, 0.15) is 6.42 Å². The maximum Gasteiger partial charge on any atom is 0.244 e. The lowest BCUT2D eigenvalue weighted by Gasteiger charge is -2.36. The summed E-state index contributed by atoms with van der Waals surface area (Å²) in [6, 6.07) is 6.33. The SMILES string of the molecule is COCCN1CCC(N2CCN(S(=O)(=O)c3ccccc3Cl)CC2)C1=O. The number of hydrogen-bond donors (Lipinski definition) is 0. The Labute approximate surface area is 159 Å². The van der Waals surface area contributed by atoms with Crippen LogP contribution in [0.2, 0.25) is 5.02 Å². The van der Waals surface area contributed by atoms with Crippen LogP contribution < -0.4 is 0 Å². The predicted octanol–water partition coefficient (Wildman–Crippen LogP) is 0.894. The molecule has 2 aliphatic rings. The van der Waals surface area contributed by atoms with E-state index in [0.717, 1.165) is 13.0 Å². The number of carbonyl (C=O) groups excluding carboxylic acids is 1. The van der Waals surface area contributed by atoms with Gasteiger partial charge in [0, 0.05) is 46.4 Å². The van der Waals surface area contributed by atoms with Gasteiger partial charge in [-0.15, -0.1) is 0 Å². The van der Waals surface area contributed by atoms with Crippen molar-refractivity contribution in [2.45, 2.75) is 17.4 Å². The maximum absolute atomic E-state index is 12.8. The summed E-state index contributed by atoms with van der Waals surface area (Å²) in [6.45, 7) is 3.65. The summed E-state index contributed by atoms with van der Waals surface area (Å²) >= 11 is 6.06. The minimum atomic E-state index is -3.61. The van der Waals surface area contributed by atoms with Crippen molar-refractivity contribution in [1.82, 2.24) is 14.1 Å². The van der Waals surface area contributed by atoms with Gasteiger partial charge in [0.2, 0.25) is 15.9 Å². The zero-order valence-corrected chi connectivity index (χ0v) is 16.4. The van der Waals surface area contributed by atoms with Crippen LogP contribution in [0.4, 0.5) is 0 Å². The Morgan fingerprint density at radius 3 is 2.50 bits per heavy atom. The van der Waals surface area contributed by atoms with Crippen molar-refractivity contribution >= 4 is 27.5 Å². The monoisotopic (exact) mass is 401 g/mol. The molecule has 0 spiro atoms. The van der Waals surface area contributed by atoms with Crippen molar-refractivity contribution in [3.8, 4) is 0 Å². The highest BCUT2D eigenvalue weighted by Crippen LogP contribution is 2.26. The van der Waals surface area contributed by atoms with Gasteiger partial charge < -0.3 is 9.64 Å². The minimum Gasteiger partial charge on any atom is -0.383 e. The van der Waals surface area contributed by atoms with E-state index in [1.807, 2.05) is 4.90 Å². The molecule has 7 nitrogen and oxygen atoms in total. The summed E-state index contributed by atoms with van der Waals surface area (Å²) in [6.07, 6.45) is 0.778. The van der Waals surface area contributed by atoms with Crippen LogP contribution in [-0.2, 0) is 19.6 Å². The van der Waals surface area contributed by atoms with Crippen LogP contribution in [0, 0.1) is 0 Å². The number of piperazine rings is 1. The molecule has 3 rings (SSSR count). The molecule has 2 heterocycles. The van der Waals surface area contributed by atoms with E-state index in [9.17, 15) is 13.2 Å². The van der Waals surface area contributed by atoms with E-state index in [2.05, 4.69) is 4.90 Å². The average Bonchev–Trinajstić information content (AvgIpc) is 3.01. The summed E-state index contributed by atoms with van der Waals surface area (Å²) < 4.78 is 32.1. The number of ether oxygens (including phenoxy) is 1. The van der Waals surface area contributed by atoms with Crippen molar-refractivity contribution in [3.63, 3.8) is 0 Å². The van der Waals surface area contributed by atoms with Crippen LogP contribution in [0.15, 0.2) is 29.2 Å². The lowest BCUT2D eigenvalue weighted by molar-refractivity contribution is -0.133. The van der Waals surface area contributed by atoms with Crippen molar-refractivity contribution in [2.24, 2.45) is 0 Å². The fraction of sp³-hybridized carbons (Fsp3) is 0.588. The summed E-state index contributed by atoms with van der Waals surface area (Å²) in [5.74, 6) is 0.115. The second kappa shape index (κ2) is 8.22. The van der Waals surface area contributed by atoms with Crippen molar-refractivity contribution < 1.29 is 17.9 Å². The normalized spacial score (nSPS) is 22.9. The number of nitrogens with zero attached hydrogens (tertiary/aromatic N) is 3. The summed E-state index contributed by atoms with van der Waals surface area (Å²) in [5, 5.41) is 0.231. The number of likely N-dealkylation sites (tertiary alicyclic amines) is 1. The van der Waals surface area contributed by atoms with Gasteiger partial charge in [-0.1, -0.05) is 23.7 Å². The third kappa shape index (κ3) is 3.89. The Balaban J connectivity index is 1.61. The molecule has 2 aliphatic heterocycles. The number of carbonyl (C=O) groups is 1. The highest BCUT2D eigenvalue weighted by atomic mass is 35.5. The highest BCUT2D eigenvalue weighted by molar-refractivity contribution is 7.89. The van der Waals surface area contributed by atoms with Gasteiger partial charge in [-0.25, -0.2) is 8.42 Å². The largest absolute Gasteiger partial charge is 0.383 e. The van der Waals surface area contributed by atoms with Crippen LogP contribution in [0.25, 0.3) is 0 Å². The quantitative estimate of drug-likeness (QED) is 0.708. The van der Waals surface area contributed by atoms with Crippen LogP contribution in [-0.4, -0.2) is 87.5 Å². The summed E-state index contributed by atoms with van der Waals surface area (Å²) in [5.41, 5.74) is 0. The molecule has 1 aromatic rings. The van der Waals surface area contributed by atoms with E-state index in [0.29, 0.717) is 39.3 Å². The molecule has 0 radical (unpaired) electrons. The van der Waals surface area contributed by atoms with E-state index >= 15 is 0 Å². The molecule has 1 unspecified atom stereocenters. The van der Waals surface area contributed by atoms with Crippen molar-refractivity contribution in [2.75, 3.05) is 53.0 Å². The maximum atomic E-state index is 12.8. The van der Waals surface area contributed by atoms with Crippen LogP contribution >= 0.6 is 11.6 Å². The Hall–Kier alpha value is -1.19. The van der Waals surface area contributed by atoms with Gasteiger partial charge in [0.1, 0.15) is 4.90 Å². The molecular weight excluding hydrogens is 378 g/mol. The highest BCUT2D eigenvalue weighted by Gasteiger charge is 2.38. The molecule has 0 aliphatic carbocycles. The Bertz CT molecular complexity index is 750. The number of amides is 1. The van der Waals surface area contributed by atoms with E-state index in [-0.39, 0.29) is 21.9 Å². The molecule has 1 atom stereocenters. The first-order valence-corrected chi connectivity index (χ1v) is 10.5. The van der Waals surface area contributed by atoms with Crippen molar-refractivity contribution in [3.05, 3.63) is 29.3 Å². The number of halogens is 1. The predicted molar refractivity (Wildman–Crippen MR) is 98.6 cm³/mol. The third-order valence-electron chi connectivity index (χ3n) is 5.00. The standard InChI is InChI=1S/C17H24ClN3O4S/c1-25-13-12-20-7-6-15(17(20)22)19-8-10-21(11-9-19)26(23,24)16-5-3-2-4-14(16)18/h2-5,15H,6-13H2,1H3. The fourth-order valence-corrected chi connectivity index (χ4v) is 5.45. The Kier molecular flexibility index (Phi) is 6.19. The molecule has 26 heavy (non-hydrogen) atoms. The van der Waals surface area contributed by atoms with E-state index in [1.165, 1.54) is 10.4 Å². The molecule has 144 valence electrons. The van der Waals surface area contributed by atoms with Crippen LogP contribution in [0.3, 0.4) is 0 Å². The number of methoxy groups -OCH3 is 1. The second-order valence-electron chi connectivity index (χ2n) is 6.49. The first-order chi connectivity index (χ1) is 12.4. The molecule has 0 aromatic heterocycles. The van der Waals surface area contributed by atoms with Crippen molar-refractivity contribution in [1.29, 1.82) is 0 Å². The molecule has 2 saturated heterocycles. The van der Waals surface area contributed by atoms with Gasteiger partial charge >= 0.3 is 0 Å². The molecule has 0 saturated carbocycles. The van der Waals surface area contributed by atoms with E-state index in [4.69, 9.17) is 16.3 Å². The van der Waals surface area contributed by atoms with E-state index < -0.39 is 10.0 Å². The molecule has 1 amide bonds. The molecular formula is C17H24ClN3O4S. The Morgan fingerprint density at radius 2 is 1.85 bits per heavy atom. The summed E-state index contributed by atoms with van der Waals surface area (Å²) in [4.78, 5) is 16.6. The third-order valence-corrected chi connectivity index (χ3v) is 7.40. The van der Waals surface area contributed by atoms with E-state index in [1.54, 1.807) is 25.3 Å². The minimum absolute atomic E-state index is 0.115. The fourth-order valence-electron chi connectivity index (χ4n) is 3.53. The smallest absolute Gasteiger partial charge is 0.244 e. The van der Waals surface area contributed by atoms with Gasteiger partial charge in [0.15, 0.2) is 0 Å². The first-order valence-electron chi connectivity index (χ1n) is 8.71. The van der Waals surface area contributed by atoms with Gasteiger partial charge in [-0.3, -0.25) is 9.69 Å². The topological polar surface area (TPSA) is 70.2 Å². The zero-order chi connectivity index (χ0) is 18.7. The average molecular weight is 402 g/mol. The van der Waals surface area contributed by atoms with Gasteiger partial charge in [0.25, 0.3) is 0 Å². The zero-order valence-electron chi connectivity index (χ0n) is 14.8. The molecule has 2 fully saturated rings. The molecule has 0 bridgehead atoms. The summed E-state index contributed by atoms with van der Waals surface area (Å²) in [7, 11) is -1.99. The number of hydrogen-bond acceptors (Lipinski definition) is 5. The molecule has 0 N–H and O–H groups in total. The molecule has 9 heteroatoms. The number of rotatable bonds is 6. The number of benzene rings is 1. The lowest BCUT2D eigenvalue weighted by atomic mass is 10.2. The van der Waals surface area contributed by atoms with Gasteiger partial charge in [-0.05, 0) is 18.6 Å². The first kappa shape index (κ1) is 19.6. The Morgan fingerprint density at radius 1 is 1.15 bits per heavy atom. The van der Waals surface area contributed by atoms with Gasteiger partial charge in [0.05, 0.1) is 17.7 Å². The number of sulfonamides is 1. The molecule has 1 aromatic carbocycles. The second-order valence-corrected chi connectivity index (χ2v) is 8.81. The van der Waals surface area contributed by atoms with Gasteiger partial charge in [-0.2, -0.15) is 4.31 Å². The van der Waals surface area contributed by atoms with Crippen LogP contribution in [0.5, 0.6) is 0 Å². The lowest BCUT2D eigenvalue weighted by Crippen LogP contribution is -2.53.